The molecule has 1 rings (SSSR count). The third kappa shape index (κ3) is 4.41. The highest BCUT2D eigenvalue weighted by Crippen LogP contribution is 2.14. The van der Waals surface area contributed by atoms with Gasteiger partial charge in [-0.25, -0.2) is 9.59 Å². The number of allylic oxidation sites excluding steroid dienone is 1. The molecule has 0 atom stereocenters. The topological polar surface area (TPSA) is 63.6 Å². The van der Waals surface area contributed by atoms with Crippen molar-refractivity contribution in [3.63, 3.8) is 0 Å². The third-order valence-electron chi connectivity index (χ3n) is 2.11. The molecule has 0 aromatic heterocycles. The van der Waals surface area contributed by atoms with Crippen molar-refractivity contribution in [3.8, 4) is 0 Å². The van der Waals surface area contributed by atoms with Gasteiger partial charge >= 0.3 is 11.9 Å². The maximum absolute atomic E-state index is 11.6. The number of ether oxygens (including phenoxy) is 1. The fraction of sp³-hybridized carbons (Fsp3) is 0.286. The number of benzene rings is 1. The zero-order valence-corrected chi connectivity index (χ0v) is 10.6. The molecule has 18 heavy (non-hydrogen) atoms. The van der Waals surface area contributed by atoms with Gasteiger partial charge in [-0.3, -0.25) is 0 Å². The fourth-order valence-electron chi connectivity index (χ4n) is 1.12. The van der Waals surface area contributed by atoms with E-state index in [-0.39, 0.29) is 11.0 Å². The first-order valence-electron chi connectivity index (χ1n) is 5.52. The van der Waals surface area contributed by atoms with Gasteiger partial charge in [-0.2, -0.15) is 0 Å². The first-order chi connectivity index (χ1) is 8.29. The van der Waals surface area contributed by atoms with Crippen LogP contribution in [0.4, 0.5) is 0 Å². The predicted molar refractivity (Wildman–Crippen MR) is 67.4 cm³/mol. The normalized spacial score (nSPS) is 11.5. The van der Waals surface area contributed by atoms with Crippen molar-refractivity contribution in [1.29, 1.82) is 0 Å². The zero-order chi connectivity index (χ0) is 13.8. The van der Waals surface area contributed by atoms with E-state index in [9.17, 15) is 9.59 Å². The molecule has 0 aliphatic heterocycles. The third-order valence-corrected chi connectivity index (χ3v) is 2.11. The summed E-state index contributed by atoms with van der Waals surface area (Å²) in [5.41, 5.74) is 0.392. The minimum Gasteiger partial charge on any atom is -0.478 e. The average Bonchev–Trinajstić information content (AvgIpc) is 2.27. The molecule has 4 nitrogen and oxygen atoms in total. The van der Waals surface area contributed by atoms with E-state index in [0.29, 0.717) is 5.56 Å². The molecule has 0 unspecified atom stereocenters. The summed E-state index contributed by atoms with van der Waals surface area (Å²) in [7, 11) is 0. The van der Waals surface area contributed by atoms with Crippen molar-refractivity contribution in [2.24, 2.45) is 5.41 Å². The van der Waals surface area contributed by atoms with Gasteiger partial charge in [-0.05, 0) is 35.8 Å². The molecule has 0 heterocycles. The monoisotopic (exact) mass is 248 g/mol. The van der Waals surface area contributed by atoms with E-state index >= 15 is 0 Å². The quantitative estimate of drug-likeness (QED) is 0.659. The van der Waals surface area contributed by atoms with Crippen LogP contribution < -0.4 is 0 Å². The molecule has 4 heteroatoms. The van der Waals surface area contributed by atoms with Crippen molar-refractivity contribution in [1.82, 2.24) is 0 Å². The van der Waals surface area contributed by atoms with Crippen molar-refractivity contribution in [2.75, 3.05) is 0 Å². The van der Waals surface area contributed by atoms with Gasteiger partial charge in [0.15, 0.2) is 0 Å². The largest absolute Gasteiger partial charge is 0.478 e. The second-order valence-corrected chi connectivity index (χ2v) is 4.96. The SMILES string of the molecule is CC(C)(C)C=COC(=O)c1ccc(C(=O)O)cc1. The molecule has 1 N–H and O–H groups in total. The maximum Gasteiger partial charge on any atom is 0.342 e. The van der Waals surface area contributed by atoms with Gasteiger partial charge in [-0.1, -0.05) is 20.8 Å². The molecule has 0 radical (unpaired) electrons. The minimum atomic E-state index is -1.03. The van der Waals surface area contributed by atoms with Crippen molar-refractivity contribution in [2.45, 2.75) is 20.8 Å². The van der Waals surface area contributed by atoms with Crippen LogP contribution in [0.15, 0.2) is 36.6 Å². The van der Waals surface area contributed by atoms with Crippen LogP contribution in [0, 0.1) is 5.41 Å². The zero-order valence-electron chi connectivity index (χ0n) is 10.6. The minimum absolute atomic E-state index is 0.0621. The van der Waals surface area contributed by atoms with E-state index < -0.39 is 11.9 Å². The number of rotatable bonds is 3. The lowest BCUT2D eigenvalue weighted by Crippen LogP contribution is -2.04. The van der Waals surface area contributed by atoms with Gasteiger partial charge in [0.2, 0.25) is 0 Å². The van der Waals surface area contributed by atoms with Crippen LogP contribution in [0.5, 0.6) is 0 Å². The van der Waals surface area contributed by atoms with Crippen LogP contribution in [0.2, 0.25) is 0 Å². The van der Waals surface area contributed by atoms with E-state index in [1.165, 1.54) is 30.5 Å². The molecule has 96 valence electrons. The first kappa shape index (κ1) is 14.0. The second kappa shape index (κ2) is 5.49. The molecule has 1 aromatic carbocycles. The Morgan fingerprint density at radius 3 is 2.06 bits per heavy atom. The average molecular weight is 248 g/mol. The Morgan fingerprint density at radius 2 is 1.61 bits per heavy atom. The molecule has 0 aliphatic rings. The molecular formula is C14H16O4. The number of aromatic carboxylic acids is 1. The highest BCUT2D eigenvalue weighted by atomic mass is 16.5. The molecule has 0 spiro atoms. The number of carbonyl (C=O) groups excluding carboxylic acids is 1. The summed E-state index contributed by atoms with van der Waals surface area (Å²) in [5.74, 6) is -1.53. The highest BCUT2D eigenvalue weighted by molar-refractivity contribution is 5.92. The van der Waals surface area contributed by atoms with Gasteiger partial charge in [0, 0.05) is 0 Å². The molecule has 0 aliphatic carbocycles. The Labute approximate surface area is 106 Å². The summed E-state index contributed by atoms with van der Waals surface area (Å²) >= 11 is 0. The van der Waals surface area contributed by atoms with Crippen LogP contribution in [-0.4, -0.2) is 17.0 Å². The highest BCUT2D eigenvalue weighted by Gasteiger charge is 2.09. The van der Waals surface area contributed by atoms with Crippen molar-refractivity contribution < 1.29 is 19.4 Å². The summed E-state index contributed by atoms with van der Waals surface area (Å²) in [5, 5.41) is 8.72. The van der Waals surface area contributed by atoms with E-state index in [0.717, 1.165) is 0 Å². The number of carbonyl (C=O) groups is 2. The Balaban J connectivity index is 2.68. The number of hydrogen-bond acceptors (Lipinski definition) is 3. The number of carboxylic acid groups (broad SMARTS) is 1. The lowest BCUT2D eigenvalue weighted by atomic mass is 9.97. The summed E-state index contributed by atoms with van der Waals surface area (Å²) < 4.78 is 4.94. The Kier molecular flexibility index (Phi) is 4.26. The molecular weight excluding hydrogens is 232 g/mol. The maximum atomic E-state index is 11.6. The number of esters is 1. The Hall–Kier alpha value is -2.10. The molecule has 0 saturated carbocycles. The number of hydrogen-bond donors (Lipinski definition) is 1. The summed E-state index contributed by atoms with van der Waals surface area (Å²) in [4.78, 5) is 22.2. The summed E-state index contributed by atoms with van der Waals surface area (Å²) in [6, 6.07) is 5.59. The lowest BCUT2D eigenvalue weighted by Gasteiger charge is -2.10. The van der Waals surface area contributed by atoms with Crippen LogP contribution in [0.25, 0.3) is 0 Å². The van der Waals surface area contributed by atoms with Crippen LogP contribution >= 0.6 is 0 Å². The second-order valence-electron chi connectivity index (χ2n) is 4.96. The fourth-order valence-corrected chi connectivity index (χ4v) is 1.12. The first-order valence-corrected chi connectivity index (χ1v) is 5.52. The van der Waals surface area contributed by atoms with Crippen molar-refractivity contribution in [3.05, 3.63) is 47.7 Å². The molecule has 0 amide bonds. The van der Waals surface area contributed by atoms with Crippen LogP contribution in [-0.2, 0) is 4.74 Å². The molecule has 1 aromatic rings. The van der Waals surface area contributed by atoms with Gasteiger partial charge < -0.3 is 9.84 Å². The van der Waals surface area contributed by atoms with E-state index in [1.54, 1.807) is 6.08 Å². The standard InChI is InChI=1S/C14H16O4/c1-14(2,3)8-9-18-13(17)11-6-4-10(5-7-11)12(15)16/h4-9H,1-3H3,(H,15,16). The van der Waals surface area contributed by atoms with Gasteiger partial charge in [0.25, 0.3) is 0 Å². The molecule has 0 bridgehead atoms. The smallest absolute Gasteiger partial charge is 0.342 e. The number of carboxylic acids is 1. The van der Waals surface area contributed by atoms with Gasteiger partial charge in [0.1, 0.15) is 0 Å². The van der Waals surface area contributed by atoms with Crippen molar-refractivity contribution >= 4 is 11.9 Å². The summed E-state index contributed by atoms with van der Waals surface area (Å²) in [6.45, 7) is 5.96. The Bertz CT molecular complexity index is 464. The van der Waals surface area contributed by atoms with Gasteiger partial charge in [0.05, 0.1) is 17.4 Å². The lowest BCUT2D eigenvalue weighted by molar-refractivity contribution is 0.0655. The van der Waals surface area contributed by atoms with Crippen LogP contribution in [0.3, 0.4) is 0 Å². The molecule has 0 fully saturated rings. The predicted octanol–water partition coefficient (Wildman–Crippen LogP) is 3.10. The van der Waals surface area contributed by atoms with Gasteiger partial charge in [-0.15, -0.1) is 0 Å². The van der Waals surface area contributed by atoms with Crippen LogP contribution in [0.1, 0.15) is 41.5 Å². The summed E-state index contributed by atoms with van der Waals surface area (Å²) in [6.07, 6.45) is 3.13. The van der Waals surface area contributed by atoms with E-state index in [2.05, 4.69) is 0 Å². The van der Waals surface area contributed by atoms with E-state index in [4.69, 9.17) is 9.84 Å². The Morgan fingerprint density at radius 1 is 1.11 bits per heavy atom. The molecule has 0 saturated heterocycles. The van der Waals surface area contributed by atoms with E-state index in [1.807, 2.05) is 20.8 Å².